The van der Waals surface area contributed by atoms with Crippen molar-refractivity contribution in [2.75, 3.05) is 6.61 Å². The van der Waals surface area contributed by atoms with E-state index in [-0.39, 0.29) is 5.69 Å². The van der Waals surface area contributed by atoms with Crippen LogP contribution >= 0.6 is 0 Å². The van der Waals surface area contributed by atoms with Crippen molar-refractivity contribution in [3.8, 4) is 0 Å². The van der Waals surface area contributed by atoms with E-state index in [4.69, 9.17) is 12.6 Å². The SMILES string of the molecule is [B]C(=C\CCC)/C=C(/OCC)c1cc([N+](=O)[O-])ccc1C. The van der Waals surface area contributed by atoms with E-state index in [0.717, 1.165) is 18.4 Å². The molecule has 110 valence electrons. The van der Waals surface area contributed by atoms with Gasteiger partial charge >= 0.3 is 0 Å². The Morgan fingerprint density at radius 3 is 2.71 bits per heavy atom. The largest absolute Gasteiger partial charge is 0.493 e. The van der Waals surface area contributed by atoms with E-state index in [1.807, 2.05) is 19.9 Å². The van der Waals surface area contributed by atoms with Gasteiger partial charge in [0, 0.05) is 17.7 Å². The van der Waals surface area contributed by atoms with Crippen LogP contribution < -0.4 is 0 Å². The zero-order valence-electron chi connectivity index (χ0n) is 12.8. The van der Waals surface area contributed by atoms with E-state index in [1.165, 1.54) is 12.1 Å². The maximum absolute atomic E-state index is 10.9. The first kappa shape index (κ1) is 17.0. The molecule has 1 aromatic rings. The van der Waals surface area contributed by atoms with Crippen LogP contribution in [-0.4, -0.2) is 19.4 Å². The van der Waals surface area contributed by atoms with Crippen molar-refractivity contribution in [2.24, 2.45) is 0 Å². The Bertz CT molecular complexity index is 565. The lowest BCUT2D eigenvalue weighted by atomic mass is 9.92. The highest BCUT2D eigenvalue weighted by molar-refractivity contribution is 6.24. The molecule has 0 spiro atoms. The highest BCUT2D eigenvalue weighted by Gasteiger charge is 2.12. The Morgan fingerprint density at radius 2 is 2.14 bits per heavy atom. The van der Waals surface area contributed by atoms with E-state index in [9.17, 15) is 10.1 Å². The summed E-state index contributed by atoms with van der Waals surface area (Å²) in [5.41, 5.74) is 2.24. The number of unbranched alkanes of at least 4 members (excludes halogenated alkanes) is 1. The summed E-state index contributed by atoms with van der Waals surface area (Å²) in [6.45, 7) is 6.29. The predicted octanol–water partition coefficient (Wildman–Crippen LogP) is 4.13. The molecule has 0 aliphatic rings. The van der Waals surface area contributed by atoms with Crippen LogP contribution in [0.25, 0.3) is 5.76 Å². The summed E-state index contributed by atoms with van der Waals surface area (Å²) in [4.78, 5) is 10.5. The van der Waals surface area contributed by atoms with Crippen LogP contribution in [0.2, 0.25) is 0 Å². The van der Waals surface area contributed by atoms with Gasteiger partial charge in [0.15, 0.2) is 0 Å². The van der Waals surface area contributed by atoms with Crippen molar-refractivity contribution < 1.29 is 9.66 Å². The van der Waals surface area contributed by atoms with E-state index in [2.05, 4.69) is 6.92 Å². The Kier molecular flexibility index (Phi) is 6.72. The second-order valence-electron chi connectivity index (χ2n) is 4.69. The van der Waals surface area contributed by atoms with Gasteiger partial charge in [-0.25, -0.2) is 0 Å². The van der Waals surface area contributed by atoms with Gasteiger partial charge in [-0.05, 0) is 31.9 Å². The molecule has 0 atom stereocenters. The zero-order chi connectivity index (χ0) is 15.8. The molecule has 1 aromatic carbocycles. The molecule has 0 fully saturated rings. The first-order chi connectivity index (χ1) is 9.99. The van der Waals surface area contributed by atoms with Crippen LogP contribution in [0.4, 0.5) is 5.69 Å². The summed E-state index contributed by atoms with van der Waals surface area (Å²) in [7, 11) is 5.95. The van der Waals surface area contributed by atoms with Crippen LogP contribution in [0.15, 0.2) is 35.8 Å². The van der Waals surface area contributed by atoms with Crippen molar-refractivity contribution in [3.63, 3.8) is 0 Å². The van der Waals surface area contributed by atoms with E-state index in [0.29, 0.717) is 23.4 Å². The molecule has 0 amide bonds. The second kappa shape index (κ2) is 8.30. The number of nitro benzene ring substituents is 1. The topological polar surface area (TPSA) is 52.4 Å². The molecule has 0 unspecified atom stereocenters. The van der Waals surface area contributed by atoms with Gasteiger partial charge in [0.25, 0.3) is 5.69 Å². The minimum Gasteiger partial charge on any atom is -0.493 e. The van der Waals surface area contributed by atoms with E-state index in [1.54, 1.807) is 12.1 Å². The third-order valence-corrected chi connectivity index (χ3v) is 2.96. The van der Waals surface area contributed by atoms with Gasteiger partial charge in [-0.1, -0.05) is 31.0 Å². The lowest BCUT2D eigenvalue weighted by Crippen LogP contribution is -1.98. The fraction of sp³-hybridized carbons (Fsp3) is 0.375. The molecule has 0 N–H and O–H groups in total. The van der Waals surface area contributed by atoms with Crippen LogP contribution in [0, 0.1) is 17.0 Å². The molecule has 0 heterocycles. The molecule has 4 nitrogen and oxygen atoms in total. The number of benzene rings is 1. The summed E-state index contributed by atoms with van der Waals surface area (Å²) in [5, 5.41) is 10.9. The molecular weight excluding hydrogens is 265 g/mol. The number of aryl methyl sites for hydroxylation is 1. The summed E-state index contributed by atoms with van der Waals surface area (Å²) in [5.74, 6) is 0.559. The van der Waals surface area contributed by atoms with Crippen molar-refractivity contribution in [1.82, 2.24) is 0 Å². The first-order valence-electron chi connectivity index (χ1n) is 7.05. The van der Waals surface area contributed by atoms with Gasteiger partial charge in [-0.3, -0.25) is 10.1 Å². The normalized spacial score (nSPS) is 12.3. The van der Waals surface area contributed by atoms with Crippen molar-refractivity contribution in [2.45, 2.75) is 33.6 Å². The van der Waals surface area contributed by atoms with Gasteiger partial charge in [-0.2, -0.15) is 0 Å². The van der Waals surface area contributed by atoms with Gasteiger partial charge in [-0.15, -0.1) is 0 Å². The Morgan fingerprint density at radius 1 is 1.43 bits per heavy atom. The molecular formula is C16H20BNO3. The van der Waals surface area contributed by atoms with E-state index < -0.39 is 4.92 Å². The number of nitrogens with zero attached hydrogens (tertiary/aromatic N) is 1. The van der Waals surface area contributed by atoms with Gasteiger partial charge < -0.3 is 4.74 Å². The maximum atomic E-state index is 10.9. The van der Waals surface area contributed by atoms with E-state index >= 15 is 0 Å². The molecule has 0 bridgehead atoms. The lowest BCUT2D eigenvalue weighted by Gasteiger charge is -2.12. The monoisotopic (exact) mass is 285 g/mol. The molecule has 5 heteroatoms. The molecule has 0 aliphatic heterocycles. The summed E-state index contributed by atoms with van der Waals surface area (Å²) < 4.78 is 5.61. The second-order valence-corrected chi connectivity index (χ2v) is 4.69. The smallest absolute Gasteiger partial charge is 0.270 e. The highest BCUT2D eigenvalue weighted by atomic mass is 16.6. The minimum atomic E-state index is -0.414. The number of ether oxygens (including phenoxy) is 1. The fourth-order valence-electron chi connectivity index (χ4n) is 1.86. The van der Waals surface area contributed by atoms with Crippen LogP contribution in [0.3, 0.4) is 0 Å². The quantitative estimate of drug-likeness (QED) is 0.249. The Hall–Kier alpha value is -2.04. The number of non-ortho nitro benzene ring substituents is 1. The van der Waals surface area contributed by atoms with Crippen molar-refractivity contribution in [1.29, 1.82) is 0 Å². The third-order valence-electron chi connectivity index (χ3n) is 2.96. The standard InChI is InChI=1S/C16H20BNO3/c1-4-6-7-13(17)10-16(21-5-2)15-11-14(18(19)20)9-8-12(15)3/h7-11H,4-6H2,1-3H3/b13-7-,16-10+. The first-order valence-corrected chi connectivity index (χ1v) is 7.05. The van der Waals surface area contributed by atoms with Gasteiger partial charge in [0.2, 0.25) is 0 Å². The molecule has 21 heavy (non-hydrogen) atoms. The predicted molar refractivity (Wildman–Crippen MR) is 86.2 cm³/mol. The molecule has 0 aliphatic carbocycles. The molecule has 0 aromatic heterocycles. The average Bonchev–Trinajstić information content (AvgIpc) is 2.45. The van der Waals surface area contributed by atoms with Crippen LogP contribution in [0.5, 0.6) is 0 Å². The number of nitro groups is 1. The lowest BCUT2D eigenvalue weighted by molar-refractivity contribution is -0.384. The molecule has 1 rings (SSSR count). The average molecular weight is 285 g/mol. The van der Waals surface area contributed by atoms with Crippen LogP contribution in [0.1, 0.15) is 37.8 Å². The zero-order valence-corrected chi connectivity index (χ0v) is 12.8. The third kappa shape index (κ3) is 5.10. The maximum Gasteiger partial charge on any atom is 0.270 e. The van der Waals surface area contributed by atoms with Gasteiger partial charge in [0.1, 0.15) is 13.6 Å². The van der Waals surface area contributed by atoms with Crippen molar-refractivity contribution >= 4 is 19.3 Å². The Labute approximate surface area is 127 Å². The molecule has 0 saturated heterocycles. The summed E-state index contributed by atoms with van der Waals surface area (Å²) >= 11 is 0. The number of hydrogen-bond donors (Lipinski definition) is 0. The van der Waals surface area contributed by atoms with Crippen molar-refractivity contribution in [3.05, 3.63) is 57.1 Å². The number of rotatable bonds is 7. The fourth-order valence-corrected chi connectivity index (χ4v) is 1.86. The number of hydrogen-bond acceptors (Lipinski definition) is 3. The highest BCUT2D eigenvalue weighted by Crippen LogP contribution is 2.26. The Balaban J connectivity index is 3.24. The number of allylic oxidation sites excluding steroid dienone is 3. The summed E-state index contributed by atoms with van der Waals surface area (Å²) in [6.07, 6.45) is 5.54. The molecule has 2 radical (unpaired) electrons. The van der Waals surface area contributed by atoms with Gasteiger partial charge in [0.05, 0.1) is 11.5 Å². The molecule has 0 saturated carbocycles. The van der Waals surface area contributed by atoms with Crippen LogP contribution in [-0.2, 0) is 4.74 Å². The minimum absolute atomic E-state index is 0.0392. The summed E-state index contributed by atoms with van der Waals surface area (Å²) in [6, 6.07) is 4.72.